The predicted octanol–water partition coefficient (Wildman–Crippen LogP) is 3.87. The quantitative estimate of drug-likeness (QED) is 0.637. The van der Waals surface area contributed by atoms with E-state index in [-0.39, 0.29) is 0 Å². The monoisotopic (exact) mass is 383 g/mol. The summed E-state index contributed by atoms with van der Waals surface area (Å²) < 4.78 is 11.3. The van der Waals surface area contributed by atoms with Crippen molar-refractivity contribution in [1.82, 2.24) is 9.97 Å². The maximum absolute atomic E-state index is 11.8. The fraction of sp³-hybridized carbons (Fsp3) is 0.350. The molecule has 2 aromatic heterocycles. The van der Waals surface area contributed by atoms with Crippen molar-refractivity contribution < 1.29 is 14.3 Å². The number of nitrogens with zero attached hydrogens (tertiary/aromatic N) is 3. The fourth-order valence-corrected chi connectivity index (χ4v) is 4.58. The number of rotatable bonds is 4. The highest BCUT2D eigenvalue weighted by Gasteiger charge is 2.25. The van der Waals surface area contributed by atoms with Gasteiger partial charge in [-0.1, -0.05) is 12.1 Å². The minimum atomic E-state index is -0.444. The summed E-state index contributed by atoms with van der Waals surface area (Å²) in [6.45, 7) is 1.79. The average molecular weight is 383 g/mol. The lowest BCUT2D eigenvalue weighted by Crippen LogP contribution is -2.33. The number of fused-ring (bicyclic) bond motifs is 1. The molecule has 4 rings (SSSR count). The van der Waals surface area contributed by atoms with Crippen molar-refractivity contribution in [1.29, 1.82) is 0 Å². The van der Waals surface area contributed by atoms with Gasteiger partial charge in [0.15, 0.2) is 0 Å². The van der Waals surface area contributed by atoms with Crippen LogP contribution in [-0.4, -0.2) is 43.2 Å². The van der Waals surface area contributed by atoms with Crippen LogP contribution in [0.1, 0.15) is 34.1 Å². The van der Waals surface area contributed by atoms with Crippen molar-refractivity contribution in [3.8, 4) is 5.88 Å². The average Bonchev–Trinajstić information content (AvgIpc) is 3.17. The molecule has 3 heterocycles. The van der Waals surface area contributed by atoms with E-state index >= 15 is 0 Å². The van der Waals surface area contributed by atoms with E-state index in [1.807, 2.05) is 12.1 Å². The molecule has 0 N–H and O–H groups in total. The molecule has 0 bridgehead atoms. The Hall–Kier alpha value is -2.67. The molecule has 6 nitrogen and oxygen atoms in total. The van der Waals surface area contributed by atoms with Crippen LogP contribution >= 0.6 is 11.3 Å². The summed E-state index contributed by atoms with van der Waals surface area (Å²) >= 11 is 1.80. The molecular weight excluding hydrogens is 362 g/mol. The molecular formula is C20H21N3O3S. The minimum absolute atomic E-state index is 0.299. The Morgan fingerprint density at radius 2 is 1.89 bits per heavy atom. The van der Waals surface area contributed by atoms with Crippen LogP contribution in [0, 0.1) is 0 Å². The topological polar surface area (TPSA) is 64.5 Å². The zero-order valence-electron chi connectivity index (χ0n) is 15.3. The van der Waals surface area contributed by atoms with Gasteiger partial charge in [0, 0.05) is 19.0 Å². The second kappa shape index (κ2) is 7.52. The van der Waals surface area contributed by atoms with Crippen LogP contribution in [0.2, 0.25) is 0 Å². The van der Waals surface area contributed by atoms with Gasteiger partial charge in [0.1, 0.15) is 11.4 Å². The molecule has 1 aliphatic heterocycles. The molecule has 7 heteroatoms. The van der Waals surface area contributed by atoms with Crippen molar-refractivity contribution in [2.45, 2.75) is 18.8 Å². The smallest absolute Gasteiger partial charge is 0.343 e. The molecule has 1 fully saturated rings. The second-order valence-corrected chi connectivity index (χ2v) is 7.56. The highest BCUT2D eigenvalue weighted by Crippen LogP contribution is 2.35. The van der Waals surface area contributed by atoms with Gasteiger partial charge in [-0.3, -0.25) is 0 Å². The number of carbonyl (C=O) groups is 1. The third-order valence-corrected chi connectivity index (χ3v) is 6.12. The van der Waals surface area contributed by atoms with Gasteiger partial charge in [-0.15, -0.1) is 11.3 Å². The van der Waals surface area contributed by atoms with Crippen molar-refractivity contribution in [3.63, 3.8) is 0 Å². The lowest BCUT2D eigenvalue weighted by molar-refractivity contribution is 0.0596. The second-order valence-electron chi connectivity index (χ2n) is 6.50. The molecule has 3 aromatic rings. The number of methoxy groups -OCH3 is 2. The lowest BCUT2D eigenvalue weighted by Gasteiger charge is -2.32. The number of carbonyl (C=O) groups excluding carboxylic acids is 1. The van der Waals surface area contributed by atoms with Gasteiger partial charge in [0.05, 0.1) is 29.4 Å². The maximum Gasteiger partial charge on any atom is 0.343 e. The number of piperidine rings is 1. The third kappa shape index (κ3) is 3.47. The Bertz CT molecular complexity index is 931. The van der Waals surface area contributed by atoms with Crippen LogP contribution in [-0.2, 0) is 4.74 Å². The number of hydrogen-bond acceptors (Lipinski definition) is 7. The normalized spacial score (nSPS) is 15.1. The summed E-state index contributed by atoms with van der Waals surface area (Å²) in [5.41, 5.74) is 1.43. The van der Waals surface area contributed by atoms with Crippen molar-refractivity contribution in [2.24, 2.45) is 0 Å². The largest absolute Gasteiger partial charge is 0.480 e. The van der Waals surface area contributed by atoms with E-state index in [4.69, 9.17) is 14.5 Å². The van der Waals surface area contributed by atoms with Gasteiger partial charge in [-0.05, 0) is 37.1 Å². The van der Waals surface area contributed by atoms with Gasteiger partial charge < -0.3 is 14.4 Å². The Morgan fingerprint density at radius 1 is 1.11 bits per heavy atom. The molecule has 1 saturated heterocycles. The molecule has 27 heavy (non-hydrogen) atoms. The Labute approximate surface area is 161 Å². The van der Waals surface area contributed by atoms with E-state index < -0.39 is 5.97 Å². The molecule has 1 aliphatic rings. The van der Waals surface area contributed by atoms with E-state index in [1.165, 1.54) is 23.9 Å². The number of thiazole rings is 1. The summed E-state index contributed by atoms with van der Waals surface area (Å²) in [5.74, 6) is 1.16. The first-order valence-corrected chi connectivity index (χ1v) is 9.75. The number of anilines is 1. The van der Waals surface area contributed by atoms with E-state index in [9.17, 15) is 4.79 Å². The number of ether oxygens (including phenoxy) is 2. The lowest BCUT2D eigenvalue weighted by atomic mass is 9.97. The van der Waals surface area contributed by atoms with Crippen LogP contribution in [0.5, 0.6) is 5.88 Å². The fourth-order valence-electron chi connectivity index (χ4n) is 3.45. The minimum Gasteiger partial charge on any atom is -0.480 e. The SMILES string of the molecule is COC(=O)c1ccc(N2CCC(c3nc4ccccc4s3)CC2)nc1OC. The molecule has 140 valence electrons. The van der Waals surface area contributed by atoms with E-state index in [2.05, 4.69) is 28.1 Å². The number of aromatic nitrogens is 2. The summed E-state index contributed by atoms with van der Waals surface area (Å²) in [5, 5.41) is 1.22. The van der Waals surface area contributed by atoms with Gasteiger partial charge in [0.25, 0.3) is 0 Å². The predicted molar refractivity (Wildman–Crippen MR) is 106 cm³/mol. The number of benzene rings is 1. The first-order valence-electron chi connectivity index (χ1n) is 8.93. The van der Waals surface area contributed by atoms with Crippen LogP contribution in [0.15, 0.2) is 36.4 Å². The molecule has 0 saturated carbocycles. The van der Waals surface area contributed by atoms with Crippen molar-refractivity contribution in [3.05, 3.63) is 47.0 Å². The van der Waals surface area contributed by atoms with Crippen LogP contribution in [0.3, 0.4) is 0 Å². The van der Waals surface area contributed by atoms with E-state index in [0.29, 0.717) is 17.4 Å². The van der Waals surface area contributed by atoms with Crippen LogP contribution in [0.4, 0.5) is 5.82 Å². The zero-order chi connectivity index (χ0) is 18.8. The Kier molecular flexibility index (Phi) is 4.94. The molecule has 0 amide bonds. The maximum atomic E-state index is 11.8. The van der Waals surface area contributed by atoms with Crippen molar-refractivity contribution in [2.75, 3.05) is 32.2 Å². The summed E-state index contributed by atoms with van der Waals surface area (Å²) in [6.07, 6.45) is 2.06. The van der Waals surface area contributed by atoms with Gasteiger partial charge >= 0.3 is 5.97 Å². The van der Waals surface area contributed by atoms with Crippen molar-refractivity contribution >= 4 is 33.3 Å². The highest BCUT2D eigenvalue weighted by atomic mass is 32.1. The number of esters is 1. The van der Waals surface area contributed by atoms with Gasteiger partial charge in [-0.25, -0.2) is 9.78 Å². The summed E-state index contributed by atoms with van der Waals surface area (Å²) in [7, 11) is 2.86. The molecule has 1 aromatic carbocycles. The van der Waals surface area contributed by atoms with Gasteiger partial charge in [0.2, 0.25) is 5.88 Å². The van der Waals surface area contributed by atoms with E-state index in [0.717, 1.165) is 37.3 Å². The number of para-hydroxylation sites is 1. The summed E-state index contributed by atoms with van der Waals surface area (Å²) in [4.78, 5) is 23.3. The highest BCUT2D eigenvalue weighted by molar-refractivity contribution is 7.18. The van der Waals surface area contributed by atoms with E-state index in [1.54, 1.807) is 17.4 Å². The molecule has 0 unspecified atom stereocenters. The first-order chi connectivity index (χ1) is 13.2. The molecule has 0 atom stereocenters. The Morgan fingerprint density at radius 3 is 2.59 bits per heavy atom. The summed E-state index contributed by atoms with van der Waals surface area (Å²) in [6, 6.07) is 11.9. The molecule has 0 spiro atoms. The first kappa shape index (κ1) is 17.7. The standard InChI is InChI=1S/C20H21N3O3S/c1-25-18-14(20(24)26-2)7-8-17(22-18)23-11-9-13(10-12-23)19-21-15-5-3-4-6-16(15)27-19/h3-8,13H,9-12H2,1-2H3. The number of pyridine rings is 1. The molecule has 0 radical (unpaired) electrons. The van der Waals surface area contributed by atoms with Crippen LogP contribution < -0.4 is 9.64 Å². The molecule has 0 aliphatic carbocycles. The Balaban J connectivity index is 1.48. The third-order valence-electron chi connectivity index (χ3n) is 4.92. The van der Waals surface area contributed by atoms with Gasteiger partial charge in [-0.2, -0.15) is 4.98 Å². The zero-order valence-corrected chi connectivity index (χ0v) is 16.2. The number of hydrogen-bond donors (Lipinski definition) is 0. The van der Waals surface area contributed by atoms with Crippen LogP contribution in [0.25, 0.3) is 10.2 Å².